The average molecular weight is 280 g/mol. The Morgan fingerprint density at radius 3 is 2.80 bits per heavy atom. The van der Waals surface area contributed by atoms with E-state index in [1.54, 1.807) is 25.3 Å². The van der Waals surface area contributed by atoms with E-state index < -0.39 is 5.97 Å². The normalized spacial score (nSPS) is 11.7. The highest BCUT2D eigenvalue weighted by Crippen LogP contribution is 2.12. The first kappa shape index (κ1) is 16.0. The van der Waals surface area contributed by atoms with Gasteiger partial charge in [0.1, 0.15) is 0 Å². The van der Waals surface area contributed by atoms with E-state index in [2.05, 4.69) is 10.6 Å². The van der Waals surface area contributed by atoms with Gasteiger partial charge in [0.25, 0.3) is 0 Å². The molecule has 0 fully saturated rings. The highest BCUT2D eigenvalue weighted by molar-refractivity contribution is 5.89. The number of benzene rings is 1. The minimum atomic E-state index is -0.838. The number of carboxylic acids is 1. The fourth-order valence-corrected chi connectivity index (χ4v) is 1.55. The van der Waals surface area contributed by atoms with Crippen molar-refractivity contribution in [2.75, 3.05) is 19.0 Å². The molecule has 0 aliphatic heterocycles. The van der Waals surface area contributed by atoms with Crippen LogP contribution in [0.1, 0.15) is 18.9 Å². The Morgan fingerprint density at radius 2 is 2.15 bits per heavy atom. The number of methoxy groups -OCH3 is 1. The van der Waals surface area contributed by atoms with Crippen molar-refractivity contribution in [3.05, 3.63) is 29.8 Å². The van der Waals surface area contributed by atoms with Gasteiger partial charge in [0, 0.05) is 25.8 Å². The van der Waals surface area contributed by atoms with Crippen LogP contribution in [0.2, 0.25) is 0 Å². The van der Waals surface area contributed by atoms with Gasteiger partial charge in [0.15, 0.2) is 0 Å². The summed E-state index contributed by atoms with van der Waals surface area (Å²) in [5.41, 5.74) is 1.51. The summed E-state index contributed by atoms with van der Waals surface area (Å²) in [6.45, 7) is 2.27. The molecule has 1 rings (SSSR count). The predicted molar refractivity (Wildman–Crippen MR) is 75.9 cm³/mol. The molecule has 0 spiro atoms. The van der Waals surface area contributed by atoms with Crippen LogP contribution in [0.5, 0.6) is 0 Å². The first-order valence-corrected chi connectivity index (χ1v) is 6.39. The Balaban J connectivity index is 2.48. The number of anilines is 1. The summed E-state index contributed by atoms with van der Waals surface area (Å²) in [4.78, 5) is 22.2. The van der Waals surface area contributed by atoms with Crippen molar-refractivity contribution in [2.24, 2.45) is 0 Å². The van der Waals surface area contributed by atoms with Crippen molar-refractivity contribution < 1.29 is 19.4 Å². The molecule has 1 aromatic rings. The fraction of sp³-hybridized carbons (Fsp3) is 0.429. The lowest BCUT2D eigenvalue weighted by Crippen LogP contribution is -2.34. The largest absolute Gasteiger partial charge is 0.481 e. The number of aliphatic carboxylic acids is 1. The molecule has 0 aromatic heterocycles. The molecule has 0 radical (unpaired) electrons. The van der Waals surface area contributed by atoms with Gasteiger partial charge in [0.2, 0.25) is 0 Å². The van der Waals surface area contributed by atoms with Gasteiger partial charge in [-0.1, -0.05) is 12.1 Å². The van der Waals surface area contributed by atoms with Crippen molar-refractivity contribution in [3.63, 3.8) is 0 Å². The molecule has 1 unspecified atom stereocenters. The van der Waals surface area contributed by atoms with Crippen molar-refractivity contribution in [2.45, 2.75) is 25.9 Å². The Hall–Kier alpha value is -2.08. The fourth-order valence-electron chi connectivity index (χ4n) is 1.55. The Labute approximate surface area is 118 Å². The van der Waals surface area contributed by atoms with E-state index in [0.717, 1.165) is 5.56 Å². The Morgan fingerprint density at radius 1 is 1.40 bits per heavy atom. The zero-order chi connectivity index (χ0) is 15.0. The number of urea groups is 1. The van der Waals surface area contributed by atoms with E-state index in [-0.39, 0.29) is 18.6 Å². The summed E-state index contributed by atoms with van der Waals surface area (Å²) in [6, 6.07) is 6.82. The van der Waals surface area contributed by atoms with Crippen LogP contribution in [0, 0.1) is 0 Å². The molecule has 0 aliphatic carbocycles. The summed E-state index contributed by atoms with van der Waals surface area (Å²) < 4.78 is 5.03. The van der Waals surface area contributed by atoms with Gasteiger partial charge in [-0.05, 0) is 31.0 Å². The molecule has 110 valence electrons. The zero-order valence-electron chi connectivity index (χ0n) is 11.7. The quantitative estimate of drug-likeness (QED) is 0.711. The first-order valence-electron chi connectivity index (χ1n) is 6.39. The topological polar surface area (TPSA) is 87.7 Å². The second kappa shape index (κ2) is 8.16. The lowest BCUT2D eigenvalue weighted by Gasteiger charge is -2.12. The molecule has 6 heteroatoms. The van der Waals surface area contributed by atoms with Crippen LogP contribution in [0.3, 0.4) is 0 Å². The number of hydrogen-bond acceptors (Lipinski definition) is 3. The number of nitrogens with one attached hydrogen (secondary N) is 2. The second-order valence-corrected chi connectivity index (χ2v) is 4.48. The number of aryl methyl sites for hydroxylation is 1. The summed E-state index contributed by atoms with van der Waals surface area (Å²) in [7, 11) is 1.58. The third-order valence-electron chi connectivity index (χ3n) is 2.76. The van der Waals surface area contributed by atoms with Gasteiger partial charge in [-0.2, -0.15) is 0 Å². The van der Waals surface area contributed by atoms with Crippen LogP contribution in [-0.2, 0) is 16.0 Å². The van der Waals surface area contributed by atoms with Crippen molar-refractivity contribution >= 4 is 17.7 Å². The molecule has 1 atom stereocenters. The van der Waals surface area contributed by atoms with E-state index in [0.29, 0.717) is 18.7 Å². The highest BCUT2D eigenvalue weighted by Gasteiger charge is 2.05. The molecule has 20 heavy (non-hydrogen) atoms. The van der Waals surface area contributed by atoms with Crippen LogP contribution in [0.15, 0.2) is 24.3 Å². The van der Waals surface area contributed by atoms with Crippen LogP contribution in [0.4, 0.5) is 10.5 Å². The van der Waals surface area contributed by atoms with Crippen molar-refractivity contribution in [3.8, 4) is 0 Å². The molecule has 0 bridgehead atoms. The molecule has 0 saturated heterocycles. The van der Waals surface area contributed by atoms with Crippen LogP contribution < -0.4 is 10.6 Å². The Bertz CT molecular complexity index is 462. The zero-order valence-corrected chi connectivity index (χ0v) is 11.7. The lowest BCUT2D eigenvalue weighted by molar-refractivity contribution is -0.136. The SMILES string of the molecule is COC(C)CNC(=O)Nc1cccc(CCC(=O)O)c1. The molecule has 3 N–H and O–H groups in total. The maximum Gasteiger partial charge on any atom is 0.319 e. The molecular weight excluding hydrogens is 260 g/mol. The molecule has 0 saturated carbocycles. The smallest absolute Gasteiger partial charge is 0.319 e. The first-order chi connectivity index (χ1) is 9.51. The second-order valence-electron chi connectivity index (χ2n) is 4.48. The van der Waals surface area contributed by atoms with Gasteiger partial charge in [-0.25, -0.2) is 4.79 Å². The van der Waals surface area contributed by atoms with E-state index in [1.165, 1.54) is 0 Å². The van der Waals surface area contributed by atoms with Gasteiger partial charge >= 0.3 is 12.0 Å². The number of carbonyl (C=O) groups excluding carboxylic acids is 1. The van der Waals surface area contributed by atoms with E-state index in [9.17, 15) is 9.59 Å². The van der Waals surface area contributed by atoms with Crippen LogP contribution in [0.25, 0.3) is 0 Å². The van der Waals surface area contributed by atoms with E-state index in [1.807, 2.05) is 13.0 Å². The molecule has 1 aromatic carbocycles. The van der Waals surface area contributed by atoms with Gasteiger partial charge in [-0.15, -0.1) is 0 Å². The highest BCUT2D eigenvalue weighted by atomic mass is 16.5. The molecule has 6 nitrogen and oxygen atoms in total. The molecule has 2 amide bonds. The predicted octanol–water partition coefficient (Wildman–Crippen LogP) is 1.86. The van der Waals surface area contributed by atoms with Crippen molar-refractivity contribution in [1.82, 2.24) is 5.32 Å². The standard InChI is InChI=1S/C14H20N2O4/c1-10(20-2)9-15-14(19)16-12-5-3-4-11(8-12)6-7-13(17)18/h3-5,8,10H,6-7,9H2,1-2H3,(H,17,18)(H2,15,16,19). The van der Waals surface area contributed by atoms with Crippen LogP contribution >= 0.6 is 0 Å². The average Bonchev–Trinajstić information content (AvgIpc) is 2.43. The number of carbonyl (C=O) groups is 2. The summed E-state index contributed by atoms with van der Waals surface area (Å²) in [6.07, 6.45) is 0.455. The number of ether oxygens (including phenoxy) is 1. The molecule has 0 heterocycles. The number of hydrogen-bond donors (Lipinski definition) is 3. The maximum atomic E-state index is 11.6. The molecular formula is C14H20N2O4. The van der Waals surface area contributed by atoms with E-state index in [4.69, 9.17) is 9.84 Å². The third-order valence-corrected chi connectivity index (χ3v) is 2.76. The monoisotopic (exact) mass is 280 g/mol. The van der Waals surface area contributed by atoms with Gasteiger partial charge in [-0.3, -0.25) is 4.79 Å². The summed E-state index contributed by atoms with van der Waals surface area (Å²) in [5, 5.41) is 14.0. The third kappa shape index (κ3) is 6.19. The van der Waals surface area contributed by atoms with Gasteiger partial charge in [0.05, 0.1) is 6.10 Å². The minimum absolute atomic E-state index is 0.0531. The minimum Gasteiger partial charge on any atom is -0.481 e. The van der Waals surface area contributed by atoms with E-state index >= 15 is 0 Å². The molecule has 0 aliphatic rings. The number of carboxylic acid groups (broad SMARTS) is 1. The van der Waals surface area contributed by atoms with Crippen molar-refractivity contribution in [1.29, 1.82) is 0 Å². The summed E-state index contributed by atoms with van der Waals surface area (Å²) >= 11 is 0. The lowest BCUT2D eigenvalue weighted by atomic mass is 10.1. The van der Waals surface area contributed by atoms with Gasteiger partial charge < -0.3 is 20.5 Å². The summed E-state index contributed by atoms with van der Waals surface area (Å²) in [5.74, 6) is -0.838. The van der Waals surface area contributed by atoms with Crippen LogP contribution in [-0.4, -0.2) is 36.9 Å². The number of amides is 2. The number of rotatable bonds is 7. The maximum absolute atomic E-state index is 11.6. The Kier molecular flexibility index (Phi) is 6.52.